The molecule has 1 aromatic carbocycles. The van der Waals surface area contributed by atoms with E-state index >= 15 is 0 Å². The number of carbonyl (C=O) groups excluding carboxylic acids is 1. The van der Waals surface area contributed by atoms with Crippen LogP contribution >= 0.6 is 0 Å². The van der Waals surface area contributed by atoms with E-state index in [2.05, 4.69) is 10.1 Å². The smallest absolute Gasteiger partial charge is 0.276 e. The number of aromatic nitrogens is 3. The maximum atomic E-state index is 13.4. The van der Waals surface area contributed by atoms with E-state index in [4.69, 9.17) is 9.51 Å². The largest absolute Gasteiger partial charge is 0.360 e. The summed E-state index contributed by atoms with van der Waals surface area (Å²) >= 11 is 0. The lowest BCUT2D eigenvalue weighted by Crippen LogP contribution is -2.40. The summed E-state index contributed by atoms with van der Waals surface area (Å²) in [5.41, 5.74) is 4.16. The second kappa shape index (κ2) is 8.21. The fourth-order valence-electron chi connectivity index (χ4n) is 4.74. The first-order chi connectivity index (χ1) is 15.1. The SMILES string of the molecule is Cc1ncc(-c2ccc(F)cc2)c(C2CCCN(C(=O)c3noc4c3CCCC4)C2)n1. The van der Waals surface area contributed by atoms with E-state index in [-0.39, 0.29) is 17.6 Å². The van der Waals surface area contributed by atoms with Crippen molar-refractivity contribution >= 4 is 5.91 Å². The van der Waals surface area contributed by atoms with E-state index in [0.717, 1.165) is 66.7 Å². The van der Waals surface area contributed by atoms with Crippen LogP contribution in [0.3, 0.4) is 0 Å². The lowest BCUT2D eigenvalue weighted by Gasteiger charge is -2.33. The van der Waals surface area contributed by atoms with Crippen LogP contribution in [0.25, 0.3) is 11.1 Å². The lowest BCUT2D eigenvalue weighted by molar-refractivity contribution is 0.0694. The third-order valence-corrected chi connectivity index (χ3v) is 6.34. The Morgan fingerprint density at radius 2 is 1.97 bits per heavy atom. The summed E-state index contributed by atoms with van der Waals surface area (Å²) in [4.78, 5) is 24.3. The average molecular weight is 420 g/mol. The fraction of sp³-hybridized carbons (Fsp3) is 0.417. The highest BCUT2D eigenvalue weighted by Crippen LogP contribution is 2.34. The topological polar surface area (TPSA) is 72.1 Å². The molecule has 0 saturated carbocycles. The van der Waals surface area contributed by atoms with Crippen molar-refractivity contribution in [3.05, 3.63) is 64.8 Å². The number of likely N-dealkylation sites (tertiary alicyclic amines) is 1. The number of halogens is 1. The Balaban J connectivity index is 1.43. The van der Waals surface area contributed by atoms with Crippen molar-refractivity contribution in [3.8, 4) is 11.1 Å². The first-order valence-corrected chi connectivity index (χ1v) is 11.0. The van der Waals surface area contributed by atoms with Gasteiger partial charge in [-0.05, 0) is 56.7 Å². The lowest BCUT2D eigenvalue weighted by atomic mass is 9.89. The Hall–Kier alpha value is -3.09. The van der Waals surface area contributed by atoms with Crippen LogP contribution in [-0.2, 0) is 12.8 Å². The van der Waals surface area contributed by atoms with E-state index in [1.165, 1.54) is 12.1 Å². The molecule has 0 spiro atoms. The van der Waals surface area contributed by atoms with Gasteiger partial charge in [-0.15, -0.1) is 0 Å². The quantitative estimate of drug-likeness (QED) is 0.625. The van der Waals surface area contributed by atoms with Gasteiger partial charge in [0.2, 0.25) is 0 Å². The predicted octanol–water partition coefficient (Wildman–Crippen LogP) is 4.48. The minimum absolute atomic E-state index is 0.0503. The van der Waals surface area contributed by atoms with E-state index in [9.17, 15) is 9.18 Å². The second-order valence-electron chi connectivity index (χ2n) is 8.45. The molecule has 1 atom stereocenters. The van der Waals surface area contributed by atoms with Crippen molar-refractivity contribution in [3.63, 3.8) is 0 Å². The monoisotopic (exact) mass is 420 g/mol. The average Bonchev–Trinajstić information content (AvgIpc) is 3.23. The molecule has 160 valence electrons. The molecule has 0 bridgehead atoms. The highest BCUT2D eigenvalue weighted by Gasteiger charge is 2.32. The Kier molecular flexibility index (Phi) is 5.26. The van der Waals surface area contributed by atoms with Gasteiger partial charge in [-0.2, -0.15) is 0 Å². The molecule has 2 aromatic heterocycles. The molecule has 5 rings (SSSR count). The first kappa shape index (κ1) is 19.8. The van der Waals surface area contributed by atoms with E-state index < -0.39 is 0 Å². The summed E-state index contributed by atoms with van der Waals surface area (Å²) in [6.45, 7) is 3.14. The predicted molar refractivity (Wildman–Crippen MR) is 113 cm³/mol. The van der Waals surface area contributed by atoms with Crippen molar-refractivity contribution < 1.29 is 13.7 Å². The second-order valence-corrected chi connectivity index (χ2v) is 8.45. The number of amides is 1. The summed E-state index contributed by atoms with van der Waals surface area (Å²) < 4.78 is 18.9. The van der Waals surface area contributed by atoms with Gasteiger partial charge in [-0.1, -0.05) is 17.3 Å². The number of nitrogens with zero attached hydrogens (tertiary/aromatic N) is 4. The Morgan fingerprint density at radius 1 is 1.16 bits per heavy atom. The molecular weight excluding hydrogens is 395 g/mol. The number of fused-ring (bicyclic) bond motifs is 1. The van der Waals surface area contributed by atoms with E-state index in [1.54, 1.807) is 18.3 Å². The number of aryl methyl sites for hydroxylation is 2. The third kappa shape index (κ3) is 3.84. The van der Waals surface area contributed by atoms with Crippen LogP contribution in [0.2, 0.25) is 0 Å². The molecule has 7 heteroatoms. The maximum absolute atomic E-state index is 13.4. The maximum Gasteiger partial charge on any atom is 0.276 e. The van der Waals surface area contributed by atoms with Gasteiger partial charge in [0, 0.05) is 42.8 Å². The van der Waals surface area contributed by atoms with Gasteiger partial charge < -0.3 is 9.42 Å². The highest BCUT2D eigenvalue weighted by molar-refractivity contribution is 5.94. The van der Waals surface area contributed by atoms with Gasteiger partial charge in [0.05, 0.1) is 5.69 Å². The molecule has 3 heterocycles. The summed E-state index contributed by atoms with van der Waals surface area (Å²) in [5, 5.41) is 4.13. The van der Waals surface area contributed by atoms with Crippen LogP contribution in [0.1, 0.15) is 64.9 Å². The van der Waals surface area contributed by atoms with Crippen molar-refractivity contribution in [2.24, 2.45) is 0 Å². The van der Waals surface area contributed by atoms with Crippen molar-refractivity contribution in [2.45, 2.75) is 51.4 Å². The molecule has 31 heavy (non-hydrogen) atoms. The number of piperidine rings is 1. The zero-order valence-electron chi connectivity index (χ0n) is 17.6. The van der Waals surface area contributed by atoms with Crippen molar-refractivity contribution in [2.75, 3.05) is 13.1 Å². The van der Waals surface area contributed by atoms with Gasteiger partial charge in [0.25, 0.3) is 5.91 Å². The highest BCUT2D eigenvalue weighted by atomic mass is 19.1. The molecular formula is C24H25FN4O2. The number of carbonyl (C=O) groups is 1. The van der Waals surface area contributed by atoms with Crippen molar-refractivity contribution in [1.82, 2.24) is 20.0 Å². The molecule has 3 aromatic rings. The molecule has 2 aliphatic rings. The fourth-order valence-corrected chi connectivity index (χ4v) is 4.74. The first-order valence-electron chi connectivity index (χ1n) is 11.0. The Bertz CT molecular complexity index is 1110. The zero-order valence-corrected chi connectivity index (χ0v) is 17.6. The van der Waals surface area contributed by atoms with Crippen LogP contribution in [0.5, 0.6) is 0 Å². The minimum Gasteiger partial charge on any atom is -0.360 e. The van der Waals surface area contributed by atoms with Crippen LogP contribution in [0, 0.1) is 12.7 Å². The van der Waals surface area contributed by atoms with Gasteiger partial charge in [-0.3, -0.25) is 4.79 Å². The number of hydrogen-bond acceptors (Lipinski definition) is 5. The molecule has 1 amide bonds. The summed E-state index contributed by atoms with van der Waals surface area (Å²) in [7, 11) is 0. The minimum atomic E-state index is -0.274. The molecule has 1 saturated heterocycles. The van der Waals surface area contributed by atoms with Crippen LogP contribution in [-0.4, -0.2) is 39.0 Å². The summed E-state index contributed by atoms with van der Waals surface area (Å²) in [6, 6.07) is 6.40. The van der Waals surface area contributed by atoms with Crippen LogP contribution in [0.15, 0.2) is 35.0 Å². The van der Waals surface area contributed by atoms with E-state index in [1.807, 2.05) is 11.8 Å². The number of rotatable bonds is 3. The molecule has 1 aliphatic carbocycles. The molecule has 1 unspecified atom stereocenters. The zero-order chi connectivity index (χ0) is 21.4. The van der Waals surface area contributed by atoms with Crippen LogP contribution < -0.4 is 0 Å². The van der Waals surface area contributed by atoms with Gasteiger partial charge in [0.15, 0.2) is 5.69 Å². The molecule has 1 fully saturated rings. The summed E-state index contributed by atoms with van der Waals surface area (Å²) in [6.07, 6.45) is 7.50. The van der Waals surface area contributed by atoms with Gasteiger partial charge in [0.1, 0.15) is 17.4 Å². The third-order valence-electron chi connectivity index (χ3n) is 6.34. The summed E-state index contributed by atoms with van der Waals surface area (Å²) in [5.74, 6) is 1.32. The van der Waals surface area contributed by atoms with Gasteiger partial charge in [-0.25, -0.2) is 14.4 Å². The molecule has 1 aliphatic heterocycles. The molecule has 0 radical (unpaired) electrons. The normalized spacial score (nSPS) is 18.6. The molecule has 6 nitrogen and oxygen atoms in total. The van der Waals surface area contributed by atoms with Gasteiger partial charge >= 0.3 is 0 Å². The number of benzene rings is 1. The van der Waals surface area contributed by atoms with Crippen LogP contribution in [0.4, 0.5) is 4.39 Å². The molecule has 0 N–H and O–H groups in total. The Morgan fingerprint density at radius 3 is 2.81 bits per heavy atom. The standard InChI is InChI=1S/C24H25FN4O2/c1-15-26-13-20(16-8-10-18(25)11-9-16)22(27-15)17-5-4-12-29(14-17)24(30)23-19-6-2-3-7-21(19)31-28-23/h8-11,13,17H,2-7,12,14H2,1H3. The number of hydrogen-bond donors (Lipinski definition) is 0. The van der Waals surface area contributed by atoms with E-state index in [0.29, 0.717) is 24.6 Å². The Labute approximate surface area is 180 Å². The van der Waals surface area contributed by atoms with Crippen molar-refractivity contribution in [1.29, 1.82) is 0 Å².